The quantitative estimate of drug-likeness (QED) is 0.338. The van der Waals surface area contributed by atoms with Gasteiger partial charge in [0.15, 0.2) is 0 Å². The Morgan fingerprint density at radius 2 is 1.83 bits per heavy atom. The van der Waals surface area contributed by atoms with Gasteiger partial charge in [-0.15, -0.1) is 0 Å². The third kappa shape index (κ3) is 4.07. The summed E-state index contributed by atoms with van der Waals surface area (Å²) in [5.74, 6) is -0.942. The molecule has 0 atom stereocenters. The summed E-state index contributed by atoms with van der Waals surface area (Å²) < 4.78 is 13.9. The fourth-order valence-electron chi connectivity index (χ4n) is 3.09. The number of hydrazone groups is 1. The van der Waals surface area contributed by atoms with Crippen molar-refractivity contribution in [3.8, 4) is 11.3 Å². The lowest BCUT2D eigenvalue weighted by molar-refractivity contribution is 0.0956. The third-order valence-corrected chi connectivity index (χ3v) is 5.00. The molecule has 0 saturated heterocycles. The van der Waals surface area contributed by atoms with E-state index >= 15 is 0 Å². The minimum absolute atomic E-state index is 0.111. The zero-order valence-corrected chi connectivity index (χ0v) is 16.8. The van der Waals surface area contributed by atoms with E-state index in [4.69, 9.17) is 11.6 Å². The van der Waals surface area contributed by atoms with Crippen LogP contribution in [0.1, 0.15) is 21.5 Å². The Morgan fingerprint density at radius 3 is 2.60 bits per heavy atom. The summed E-state index contributed by atoms with van der Waals surface area (Å²) in [5, 5.41) is 4.80. The molecular formula is C24H17ClFN3O. The molecule has 4 nitrogen and oxygen atoms in total. The molecular weight excluding hydrogens is 401 g/mol. The number of fused-ring (bicyclic) bond motifs is 1. The Labute approximate surface area is 178 Å². The lowest BCUT2D eigenvalue weighted by atomic mass is 10.0. The highest BCUT2D eigenvalue weighted by Gasteiger charge is 2.14. The van der Waals surface area contributed by atoms with Crippen molar-refractivity contribution in [3.05, 3.63) is 100 Å². The first kappa shape index (κ1) is 19.7. The second-order valence-corrected chi connectivity index (χ2v) is 7.18. The van der Waals surface area contributed by atoms with Gasteiger partial charge in [0.2, 0.25) is 0 Å². The Balaban J connectivity index is 1.69. The van der Waals surface area contributed by atoms with Gasteiger partial charge in [-0.1, -0.05) is 65.7 Å². The summed E-state index contributed by atoms with van der Waals surface area (Å²) in [6.45, 7) is 2.01. The van der Waals surface area contributed by atoms with Crippen molar-refractivity contribution >= 4 is 34.6 Å². The molecule has 0 aliphatic heterocycles. The lowest BCUT2D eigenvalue weighted by Crippen LogP contribution is -2.18. The number of amides is 1. The van der Waals surface area contributed by atoms with Crippen LogP contribution >= 0.6 is 11.6 Å². The van der Waals surface area contributed by atoms with Gasteiger partial charge in [0.05, 0.1) is 28.0 Å². The highest BCUT2D eigenvalue weighted by molar-refractivity contribution is 6.33. The standard InChI is InChI=1S/C24H17ClFN3O/c1-15-9-11-16(12-10-15)23-13-18(17-5-2-3-8-22(17)28-23)24(30)29-27-14-19-20(25)6-4-7-21(19)26/h2-14H,1H3,(H,29,30)/b27-14-. The van der Waals surface area contributed by atoms with Crippen molar-refractivity contribution < 1.29 is 9.18 Å². The van der Waals surface area contributed by atoms with E-state index in [2.05, 4.69) is 15.5 Å². The molecule has 1 N–H and O–H groups in total. The molecule has 0 aliphatic carbocycles. The average molecular weight is 418 g/mol. The maximum atomic E-state index is 13.9. The number of nitrogens with one attached hydrogen (secondary N) is 1. The topological polar surface area (TPSA) is 54.4 Å². The van der Waals surface area contributed by atoms with Crippen molar-refractivity contribution in [1.82, 2.24) is 10.4 Å². The van der Waals surface area contributed by atoms with Gasteiger partial charge >= 0.3 is 0 Å². The molecule has 3 aromatic carbocycles. The van der Waals surface area contributed by atoms with Gasteiger partial charge in [-0.05, 0) is 31.2 Å². The van der Waals surface area contributed by atoms with E-state index in [1.54, 1.807) is 12.1 Å². The second-order valence-electron chi connectivity index (χ2n) is 6.77. The van der Waals surface area contributed by atoms with E-state index in [1.807, 2.05) is 55.5 Å². The number of rotatable bonds is 4. The van der Waals surface area contributed by atoms with E-state index < -0.39 is 11.7 Å². The van der Waals surface area contributed by atoms with Crippen LogP contribution in [0.3, 0.4) is 0 Å². The molecule has 0 radical (unpaired) electrons. The van der Waals surface area contributed by atoms with E-state index in [1.165, 1.54) is 18.3 Å². The molecule has 0 fully saturated rings. The highest BCUT2D eigenvalue weighted by Crippen LogP contribution is 2.25. The number of nitrogens with zero attached hydrogens (tertiary/aromatic N) is 2. The van der Waals surface area contributed by atoms with Gasteiger partial charge in [-0.2, -0.15) is 5.10 Å². The SMILES string of the molecule is Cc1ccc(-c2cc(C(=O)N/N=C\c3c(F)cccc3Cl)c3ccccc3n2)cc1. The smallest absolute Gasteiger partial charge is 0.267 e. The van der Waals surface area contributed by atoms with Crippen LogP contribution in [-0.4, -0.2) is 17.1 Å². The molecule has 4 aromatic rings. The number of hydrogen-bond donors (Lipinski definition) is 1. The summed E-state index contributed by atoms with van der Waals surface area (Å²) in [4.78, 5) is 17.6. The minimum Gasteiger partial charge on any atom is -0.267 e. The third-order valence-electron chi connectivity index (χ3n) is 4.67. The number of hydrogen-bond acceptors (Lipinski definition) is 3. The van der Waals surface area contributed by atoms with Gasteiger partial charge in [0, 0.05) is 16.5 Å². The molecule has 1 heterocycles. The first-order valence-electron chi connectivity index (χ1n) is 9.27. The molecule has 148 valence electrons. The summed E-state index contributed by atoms with van der Waals surface area (Å²) in [7, 11) is 0. The molecule has 6 heteroatoms. The fourth-order valence-corrected chi connectivity index (χ4v) is 3.30. The number of aromatic nitrogens is 1. The predicted octanol–water partition coefficient (Wildman–Crippen LogP) is 5.77. The average Bonchev–Trinajstić information content (AvgIpc) is 2.75. The van der Waals surface area contributed by atoms with E-state index in [0.717, 1.165) is 11.1 Å². The number of halogens is 2. The maximum absolute atomic E-state index is 13.9. The Kier molecular flexibility index (Phi) is 5.55. The molecule has 0 saturated carbocycles. The van der Waals surface area contributed by atoms with Crippen LogP contribution in [0.15, 0.2) is 77.9 Å². The zero-order valence-electron chi connectivity index (χ0n) is 16.1. The summed E-state index contributed by atoms with van der Waals surface area (Å²) in [5.41, 5.74) is 6.41. The number of para-hydroxylation sites is 1. The maximum Gasteiger partial charge on any atom is 0.272 e. The fraction of sp³-hybridized carbons (Fsp3) is 0.0417. The van der Waals surface area contributed by atoms with Crippen LogP contribution in [0.5, 0.6) is 0 Å². The molecule has 1 aromatic heterocycles. The molecule has 4 rings (SSSR count). The van der Waals surface area contributed by atoms with Crippen LogP contribution in [0, 0.1) is 12.7 Å². The van der Waals surface area contributed by atoms with Crippen molar-refractivity contribution in [3.63, 3.8) is 0 Å². The molecule has 0 aliphatic rings. The van der Waals surface area contributed by atoms with Crippen molar-refractivity contribution in [1.29, 1.82) is 0 Å². The minimum atomic E-state index is -0.517. The molecule has 30 heavy (non-hydrogen) atoms. The first-order valence-corrected chi connectivity index (χ1v) is 9.65. The van der Waals surface area contributed by atoms with Gasteiger partial charge < -0.3 is 0 Å². The monoisotopic (exact) mass is 417 g/mol. The number of pyridine rings is 1. The Hall–Kier alpha value is -3.57. The van der Waals surface area contributed by atoms with Gasteiger partial charge in [-0.25, -0.2) is 14.8 Å². The van der Waals surface area contributed by atoms with Crippen LogP contribution in [0.2, 0.25) is 5.02 Å². The second kappa shape index (κ2) is 8.43. The Bertz CT molecular complexity index is 1250. The Morgan fingerprint density at radius 1 is 1.07 bits per heavy atom. The summed E-state index contributed by atoms with van der Waals surface area (Å²) in [6.07, 6.45) is 1.19. The molecule has 0 bridgehead atoms. The van der Waals surface area contributed by atoms with Gasteiger partial charge in [0.25, 0.3) is 5.91 Å². The van der Waals surface area contributed by atoms with E-state index in [9.17, 15) is 9.18 Å². The van der Waals surface area contributed by atoms with Crippen LogP contribution in [0.4, 0.5) is 4.39 Å². The number of benzene rings is 3. The summed E-state index contributed by atoms with van der Waals surface area (Å²) in [6, 6.07) is 21.4. The van der Waals surface area contributed by atoms with E-state index in [-0.39, 0.29) is 10.6 Å². The lowest BCUT2D eigenvalue weighted by Gasteiger charge is -2.09. The zero-order chi connectivity index (χ0) is 21.1. The predicted molar refractivity (Wildman–Crippen MR) is 118 cm³/mol. The number of carbonyl (C=O) groups is 1. The largest absolute Gasteiger partial charge is 0.272 e. The van der Waals surface area contributed by atoms with E-state index in [0.29, 0.717) is 22.2 Å². The van der Waals surface area contributed by atoms with Crippen molar-refractivity contribution in [2.45, 2.75) is 6.92 Å². The molecule has 0 spiro atoms. The molecule has 0 unspecified atom stereocenters. The number of carbonyl (C=O) groups excluding carboxylic acids is 1. The highest BCUT2D eigenvalue weighted by atomic mass is 35.5. The summed E-state index contributed by atoms with van der Waals surface area (Å²) >= 11 is 5.99. The first-order chi connectivity index (χ1) is 14.5. The van der Waals surface area contributed by atoms with Crippen LogP contribution in [-0.2, 0) is 0 Å². The van der Waals surface area contributed by atoms with Gasteiger partial charge in [-0.3, -0.25) is 4.79 Å². The van der Waals surface area contributed by atoms with Crippen LogP contribution in [0.25, 0.3) is 22.2 Å². The normalized spacial score (nSPS) is 11.2. The van der Waals surface area contributed by atoms with Crippen molar-refractivity contribution in [2.24, 2.45) is 5.10 Å². The van der Waals surface area contributed by atoms with Crippen LogP contribution < -0.4 is 5.43 Å². The molecule has 1 amide bonds. The number of aryl methyl sites for hydroxylation is 1. The van der Waals surface area contributed by atoms with Crippen molar-refractivity contribution in [2.75, 3.05) is 0 Å². The van der Waals surface area contributed by atoms with Gasteiger partial charge in [0.1, 0.15) is 5.82 Å².